The molecular weight excluding hydrogens is 269 g/mol. The monoisotopic (exact) mass is 291 g/mol. The number of aromatic nitrogens is 2. The Morgan fingerprint density at radius 1 is 1.19 bits per heavy atom. The van der Waals surface area contributed by atoms with Crippen LogP contribution in [0.25, 0.3) is 0 Å². The van der Waals surface area contributed by atoms with Gasteiger partial charge in [0.2, 0.25) is 5.89 Å². The van der Waals surface area contributed by atoms with E-state index in [0.717, 1.165) is 24.8 Å². The van der Waals surface area contributed by atoms with Crippen molar-refractivity contribution in [1.29, 1.82) is 0 Å². The van der Waals surface area contributed by atoms with Crippen molar-refractivity contribution in [3.8, 4) is 0 Å². The number of hydrogen-bond acceptors (Lipinski definition) is 4. The Morgan fingerprint density at radius 2 is 1.90 bits per heavy atom. The Balaban J connectivity index is 1.89. The third kappa shape index (κ3) is 4.93. The molecule has 0 aliphatic heterocycles. The van der Waals surface area contributed by atoms with Gasteiger partial charge in [-0.3, -0.25) is 0 Å². The molecule has 2 rings (SSSR count). The first-order valence-electron chi connectivity index (χ1n) is 7.37. The maximum atomic E-state index is 12.9. The number of benzene rings is 1. The largest absolute Gasteiger partial charge is 0.339 e. The summed E-state index contributed by atoms with van der Waals surface area (Å²) in [5.41, 5.74) is 6.71. The molecule has 0 saturated carbocycles. The lowest BCUT2D eigenvalue weighted by Gasteiger charge is -2.07. The van der Waals surface area contributed by atoms with Gasteiger partial charge in [0, 0.05) is 18.4 Å². The minimum Gasteiger partial charge on any atom is -0.339 e. The molecule has 0 aliphatic rings. The molecule has 0 aliphatic carbocycles. The van der Waals surface area contributed by atoms with Crippen LogP contribution in [0.5, 0.6) is 0 Å². The molecule has 1 heterocycles. The molecule has 0 spiro atoms. The summed E-state index contributed by atoms with van der Waals surface area (Å²) in [5, 5.41) is 3.99. The lowest BCUT2D eigenvalue weighted by Crippen LogP contribution is -2.14. The molecule has 21 heavy (non-hydrogen) atoms. The molecule has 2 aromatic rings. The number of halogens is 1. The van der Waals surface area contributed by atoms with Crippen molar-refractivity contribution in [3.05, 3.63) is 47.4 Å². The van der Waals surface area contributed by atoms with Gasteiger partial charge >= 0.3 is 0 Å². The minimum atomic E-state index is -0.240. The lowest BCUT2D eigenvalue weighted by atomic mass is 10.0. The highest BCUT2D eigenvalue weighted by Gasteiger charge is 2.14. The topological polar surface area (TPSA) is 64.9 Å². The molecular formula is C16H22FN3O. The Morgan fingerprint density at radius 3 is 2.57 bits per heavy atom. The Bertz CT molecular complexity index is 551. The van der Waals surface area contributed by atoms with E-state index >= 15 is 0 Å². The third-order valence-electron chi connectivity index (χ3n) is 3.48. The fourth-order valence-electron chi connectivity index (χ4n) is 2.19. The highest BCUT2D eigenvalue weighted by molar-refractivity contribution is 5.19. The van der Waals surface area contributed by atoms with Crippen LogP contribution in [-0.4, -0.2) is 16.2 Å². The molecule has 114 valence electrons. The molecule has 5 heteroatoms. The first-order valence-corrected chi connectivity index (χ1v) is 7.37. The number of nitrogens with two attached hydrogens (primary N) is 1. The van der Waals surface area contributed by atoms with Crippen LogP contribution in [0.1, 0.15) is 56.3 Å². The first kappa shape index (κ1) is 15.6. The molecule has 1 aromatic carbocycles. The van der Waals surface area contributed by atoms with Gasteiger partial charge in [-0.25, -0.2) is 4.39 Å². The zero-order valence-corrected chi connectivity index (χ0v) is 12.6. The van der Waals surface area contributed by atoms with Gasteiger partial charge in [-0.2, -0.15) is 4.98 Å². The van der Waals surface area contributed by atoms with E-state index in [0.29, 0.717) is 18.1 Å². The zero-order valence-electron chi connectivity index (χ0n) is 12.6. The maximum Gasteiger partial charge on any atom is 0.229 e. The average Bonchev–Trinajstić information content (AvgIpc) is 2.89. The van der Waals surface area contributed by atoms with Crippen molar-refractivity contribution in [1.82, 2.24) is 10.1 Å². The van der Waals surface area contributed by atoms with Crippen molar-refractivity contribution in [2.75, 3.05) is 0 Å². The van der Waals surface area contributed by atoms with Crippen LogP contribution in [0.3, 0.4) is 0 Å². The van der Waals surface area contributed by atoms with Gasteiger partial charge in [0.15, 0.2) is 5.82 Å². The van der Waals surface area contributed by atoms with Crippen molar-refractivity contribution >= 4 is 0 Å². The van der Waals surface area contributed by atoms with Crippen molar-refractivity contribution in [2.24, 2.45) is 5.73 Å². The maximum absolute atomic E-state index is 12.9. The molecule has 0 saturated heterocycles. The number of rotatable bonds is 7. The second-order valence-electron chi connectivity index (χ2n) is 5.66. The van der Waals surface area contributed by atoms with Gasteiger partial charge < -0.3 is 10.3 Å². The lowest BCUT2D eigenvalue weighted by molar-refractivity contribution is 0.346. The van der Waals surface area contributed by atoms with Crippen LogP contribution in [0.2, 0.25) is 0 Å². The van der Waals surface area contributed by atoms with E-state index in [1.54, 1.807) is 12.1 Å². The average molecular weight is 291 g/mol. The summed E-state index contributed by atoms with van der Waals surface area (Å²) in [6, 6.07) is 6.57. The number of hydrogen-bond donors (Lipinski definition) is 1. The van der Waals surface area contributed by atoms with E-state index in [1.165, 1.54) is 12.1 Å². The normalized spacial score (nSPS) is 14.1. The Labute approximate surface area is 124 Å². The van der Waals surface area contributed by atoms with E-state index < -0.39 is 0 Å². The van der Waals surface area contributed by atoms with E-state index in [4.69, 9.17) is 10.3 Å². The zero-order chi connectivity index (χ0) is 15.2. The van der Waals surface area contributed by atoms with Gasteiger partial charge in [0.25, 0.3) is 0 Å². The SMILES string of the molecule is CC(N)CCCC(C)c1nc(Cc2ccc(F)cc2)no1. The Hall–Kier alpha value is -1.75. The van der Waals surface area contributed by atoms with E-state index in [2.05, 4.69) is 17.1 Å². The molecule has 0 amide bonds. The molecule has 2 N–H and O–H groups in total. The summed E-state index contributed by atoms with van der Waals surface area (Å²) in [6.07, 6.45) is 3.59. The molecule has 1 aromatic heterocycles. The third-order valence-corrected chi connectivity index (χ3v) is 3.48. The molecule has 0 fully saturated rings. The van der Waals surface area contributed by atoms with E-state index in [-0.39, 0.29) is 17.8 Å². The summed E-state index contributed by atoms with van der Waals surface area (Å²) in [5.74, 6) is 1.29. The van der Waals surface area contributed by atoms with E-state index in [9.17, 15) is 4.39 Å². The summed E-state index contributed by atoms with van der Waals surface area (Å²) >= 11 is 0. The predicted octanol–water partition coefficient (Wildman–Crippen LogP) is 3.42. The van der Waals surface area contributed by atoms with Crippen LogP contribution < -0.4 is 5.73 Å². The highest BCUT2D eigenvalue weighted by atomic mass is 19.1. The molecule has 2 atom stereocenters. The summed E-state index contributed by atoms with van der Waals surface area (Å²) in [7, 11) is 0. The molecule has 0 radical (unpaired) electrons. The Kier molecular flexibility index (Phi) is 5.44. The molecule has 2 unspecified atom stereocenters. The summed E-state index contributed by atoms with van der Waals surface area (Å²) in [4.78, 5) is 4.42. The molecule has 0 bridgehead atoms. The number of nitrogens with zero attached hydrogens (tertiary/aromatic N) is 2. The standard InChI is InChI=1S/C16H22FN3O/c1-11(4-3-5-12(2)18)16-19-15(20-21-16)10-13-6-8-14(17)9-7-13/h6-9,11-12H,3-5,10,18H2,1-2H3. The van der Waals surface area contributed by atoms with Crippen molar-refractivity contribution in [2.45, 2.75) is 51.5 Å². The van der Waals surface area contributed by atoms with Gasteiger partial charge in [0.05, 0.1) is 0 Å². The quantitative estimate of drug-likeness (QED) is 0.849. The van der Waals surface area contributed by atoms with Gasteiger partial charge in [0.1, 0.15) is 5.82 Å². The van der Waals surface area contributed by atoms with Crippen molar-refractivity contribution in [3.63, 3.8) is 0 Å². The van der Waals surface area contributed by atoms with Crippen LogP contribution in [-0.2, 0) is 6.42 Å². The van der Waals surface area contributed by atoms with Gasteiger partial charge in [-0.1, -0.05) is 30.6 Å². The minimum absolute atomic E-state index is 0.230. The smallest absolute Gasteiger partial charge is 0.229 e. The first-order chi connectivity index (χ1) is 10.0. The van der Waals surface area contributed by atoms with E-state index in [1.807, 2.05) is 6.92 Å². The van der Waals surface area contributed by atoms with Crippen LogP contribution in [0.4, 0.5) is 4.39 Å². The van der Waals surface area contributed by atoms with Crippen LogP contribution in [0.15, 0.2) is 28.8 Å². The highest BCUT2D eigenvalue weighted by Crippen LogP contribution is 2.20. The second kappa shape index (κ2) is 7.31. The van der Waals surface area contributed by atoms with Gasteiger partial charge in [-0.15, -0.1) is 0 Å². The fraction of sp³-hybridized carbons (Fsp3) is 0.500. The predicted molar refractivity (Wildman–Crippen MR) is 79.4 cm³/mol. The summed E-state index contributed by atoms with van der Waals surface area (Å²) in [6.45, 7) is 4.09. The fourth-order valence-corrected chi connectivity index (χ4v) is 2.19. The van der Waals surface area contributed by atoms with Crippen molar-refractivity contribution < 1.29 is 8.91 Å². The van der Waals surface area contributed by atoms with Gasteiger partial charge in [-0.05, 0) is 37.5 Å². The molecule has 4 nitrogen and oxygen atoms in total. The van der Waals surface area contributed by atoms with Crippen LogP contribution >= 0.6 is 0 Å². The second-order valence-corrected chi connectivity index (χ2v) is 5.66. The van der Waals surface area contributed by atoms with Crippen LogP contribution in [0, 0.1) is 5.82 Å². The summed E-state index contributed by atoms with van der Waals surface area (Å²) < 4.78 is 18.2.